The molecule has 25 heavy (non-hydrogen) atoms. The SMILES string of the molecule is C[C@H](NC(=O)NC[C@@H](c1ccco1)N1CCCCC1)c1nncn1C. The number of aryl methyl sites for hydroxylation is 1. The molecule has 8 heteroatoms. The summed E-state index contributed by atoms with van der Waals surface area (Å²) in [6.07, 6.45) is 6.95. The van der Waals surface area contributed by atoms with Crippen LogP contribution in [0.3, 0.4) is 0 Å². The average molecular weight is 346 g/mol. The van der Waals surface area contributed by atoms with Crippen LogP contribution >= 0.6 is 0 Å². The summed E-state index contributed by atoms with van der Waals surface area (Å²) in [5, 5.41) is 13.7. The van der Waals surface area contributed by atoms with E-state index in [-0.39, 0.29) is 18.1 Å². The van der Waals surface area contributed by atoms with Gasteiger partial charge in [0.15, 0.2) is 5.82 Å². The highest BCUT2D eigenvalue weighted by atomic mass is 16.3. The molecule has 0 unspecified atom stereocenters. The van der Waals surface area contributed by atoms with E-state index in [1.807, 2.05) is 26.1 Å². The van der Waals surface area contributed by atoms with Crippen LogP contribution in [0.25, 0.3) is 0 Å². The highest BCUT2D eigenvalue weighted by Crippen LogP contribution is 2.24. The first-order chi connectivity index (χ1) is 12.1. The van der Waals surface area contributed by atoms with E-state index < -0.39 is 0 Å². The van der Waals surface area contributed by atoms with Crippen LogP contribution in [0.4, 0.5) is 4.79 Å². The van der Waals surface area contributed by atoms with Gasteiger partial charge in [-0.05, 0) is 45.0 Å². The summed E-state index contributed by atoms with van der Waals surface area (Å²) in [6.45, 7) is 4.46. The average Bonchev–Trinajstić information content (AvgIpc) is 3.28. The summed E-state index contributed by atoms with van der Waals surface area (Å²) in [5.74, 6) is 1.61. The molecule has 1 fully saturated rings. The van der Waals surface area contributed by atoms with Crippen molar-refractivity contribution in [2.24, 2.45) is 7.05 Å². The van der Waals surface area contributed by atoms with Crippen molar-refractivity contribution in [3.63, 3.8) is 0 Å². The van der Waals surface area contributed by atoms with Gasteiger partial charge in [0.05, 0.1) is 18.3 Å². The maximum Gasteiger partial charge on any atom is 0.315 e. The van der Waals surface area contributed by atoms with E-state index in [1.54, 1.807) is 17.2 Å². The Balaban J connectivity index is 1.57. The second-order valence-electron chi connectivity index (χ2n) is 6.50. The van der Waals surface area contributed by atoms with Crippen molar-refractivity contribution in [2.75, 3.05) is 19.6 Å². The molecule has 0 spiro atoms. The summed E-state index contributed by atoms with van der Waals surface area (Å²) in [7, 11) is 1.86. The van der Waals surface area contributed by atoms with Gasteiger partial charge >= 0.3 is 6.03 Å². The fourth-order valence-corrected chi connectivity index (χ4v) is 3.31. The number of carbonyl (C=O) groups excluding carboxylic acids is 1. The molecule has 3 heterocycles. The zero-order chi connectivity index (χ0) is 17.6. The number of hydrogen-bond acceptors (Lipinski definition) is 5. The molecule has 0 bridgehead atoms. The molecule has 2 atom stereocenters. The highest BCUT2D eigenvalue weighted by molar-refractivity contribution is 5.74. The molecule has 2 aromatic heterocycles. The van der Waals surface area contributed by atoms with Crippen molar-refractivity contribution in [2.45, 2.75) is 38.3 Å². The van der Waals surface area contributed by atoms with E-state index in [4.69, 9.17) is 4.42 Å². The minimum Gasteiger partial charge on any atom is -0.468 e. The van der Waals surface area contributed by atoms with Crippen LogP contribution < -0.4 is 10.6 Å². The Hall–Kier alpha value is -2.35. The third kappa shape index (κ3) is 4.39. The van der Waals surface area contributed by atoms with Crippen LogP contribution in [-0.4, -0.2) is 45.3 Å². The molecule has 3 rings (SSSR count). The number of nitrogens with one attached hydrogen (secondary N) is 2. The zero-order valence-corrected chi connectivity index (χ0v) is 14.8. The number of hydrogen-bond donors (Lipinski definition) is 2. The maximum atomic E-state index is 12.3. The van der Waals surface area contributed by atoms with Crippen LogP contribution in [0.15, 0.2) is 29.1 Å². The molecule has 2 aromatic rings. The fraction of sp³-hybridized carbons (Fsp3) is 0.588. The molecule has 8 nitrogen and oxygen atoms in total. The van der Waals surface area contributed by atoms with Crippen molar-refractivity contribution in [3.8, 4) is 0 Å². The van der Waals surface area contributed by atoms with Gasteiger partial charge in [0.1, 0.15) is 12.1 Å². The molecular formula is C17H26N6O2. The van der Waals surface area contributed by atoms with E-state index in [0.717, 1.165) is 18.8 Å². The zero-order valence-electron chi connectivity index (χ0n) is 14.8. The second kappa shape index (κ2) is 8.15. The molecule has 0 saturated carbocycles. The molecule has 1 saturated heterocycles. The van der Waals surface area contributed by atoms with Crippen molar-refractivity contribution in [1.29, 1.82) is 0 Å². The van der Waals surface area contributed by atoms with E-state index in [2.05, 4.69) is 25.7 Å². The van der Waals surface area contributed by atoms with Gasteiger partial charge < -0.3 is 19.6 Å². The van der Waals surface area contributed by atoms with Gasteiger partial charge in [-0.3, -0.25) is 4.90 Å². The third-order valence-corrected chi connectivity index (χ3v) is 4.64. The van der Waals surface area contributed by atoms with Crippen molar-refractivity contribution in [3.05, 3.63) is 36.3 Å². The van der Waals surface area contributed by atoms with E-state index in [9.17, 15) is 4.79 Å². The Kier molecular flexibility index (Phi) is 5.70. The van der Waals surface area contributed by atoms with E-state index >= 15 is 0 Å². The van der Waals surface area contributed by atoms with Crippen LogP contribution in [0.5, 0.6) is 0 Å². The van der Waals surface area contributed by atoms with Gasteiger partial charge in [0.2, 0.25) is 0 Å². The molecule has 0 aliphatic carbocycles. The number of furan rings is 1. The molecule has 136 valence electrons. The maximum absolute atomic E-state index is 12.3. The summed E-state index contributed by atoms with van der Waals surface area (Å²) in [5.41, 5.74) is 0. The Morgan fingerprint density at radius 1 is 1.36 bits per heavy atom. The van der Waals surface area contributed by atoms with Gasteiger partial charge in [-0.15, -0.1) is 10.2 Å². The predicted octanol–water partition coefficient (Wildman–Crippen LogP) is 2.00. The lowest BCUT2D eigenvalue weighted by molar-refractivity contribution is 0.143. The fourth-order valence-electron chi connectivity index (χ4n) is 3.31. The number of carbonyl (C=O) groups is 1. The lowest BCUT2D eigenvalue weighted by Crippen LogP contribution is -2.44. The molecule has 2 N–H and O–H groups in total. The quantitative estimate of drug-likeness (QED) is 0.835. The van der Waals surface area contributed by atoms with Crippen LogP contribution in [0.2, 0.25) is 0 Å². The first kappa shape index (κ1) is 17.5. The lowest BCUT2D eigenvalue weighted by atomic mass is 10.1. The van der Waals surface area contributed by atoms with Gasteiger partial charge in [0, 0.05) is 13.6 Å². The van der Waals surface area contributed by atoms with Crippen molar-refractivity contribution >= 4 is 6.03 Å². The summed E-state index contributed by atoms with van der Waals surface area (Å²) in [6, 6.07) is 3.49. The monoisotopic (exact) mass is 346 g/mol. The number of urea groups is 1. The standard InChI is InChI=1S/C17H26N6O2/c1-13(16-21-19-12-22(16)2)20-17(24)18-11-14(15-7-6-10-25-15)23-8-4-3-5-9-23/h6-7,10,12-14H,3-5,8-9,11H2,1-2H3,(H2,18,20,24)/t13-,14-/m0/s1. The van der Waals surface area contributed by atoms with Gasteiger partial charge in [0.25, 0.3) is 0 Å². The number of rotatable bonds is 6. The summed E-state index contributed by atoms with van der Waals surface area (Å²) < 4.78 is 7.40. The van der Waals surface area contributed by atoms with Gasteiger partial charge in [-0.1, -0.05) is 6.42 Å². The molecule has 1 aliphatic rings. The molecule has 0 aromatic carbocycles. The minimum absolute atomic E-state index is 0.0613. The Morgan fingerprint density at radius 2 is 2.16 bits per heavy atom. The normalized spacial score (nSPS) is 17.8. The van der Waals surface area contributed by atoms with Gasteiger partial charge in [-0.25, -0.2) is 4.79 Å². The smallest absolute Gasteiger partial charge is 0.315 e. The summed E-state index contributed by atoms with van der Waals surface area (Å²) >= 11 is 0. The largest absolute Gasteiger partial charge is 0.468 e. The topological polar surface area (TPSA) is 88.2 Å². The van der Waals surface area contributed by atoms with Gasteiger partial charge in [-0.2, -0.15) is 0 Å². The number of piperidine rings is 1. The molecule has 2 amide bonds. The third-order valence-electron chi connectivity index (χ3n) is 4.64. The minimum atomic E-state index is -0.218. The van der Waals surface area contributed by atoms with Crippen molar-refractivity contribution < 1.29 is 9.21 Å². The molecule has 0 radical (unpaired) electrons. The first-order valence-corrected chi connectivity index (χ1v) is 8.81. The highest BCUT2D eigenvalue weighted by Gasteiger charge is 2.25. The van der Waals surface area contributed by atoms with Crippen LogP contribution in [-0.2, 0) is 7.05 Å². The van der Waals surface area contributed by atoms with Crippen LogP contribution in [0.1, 0.15) is 49.9 Å². The van der Waals surface area contributed by atoms with Crippen molar-refractivity contribution in [1.82, 2.24) is 30.3 Å². The summed E-state index contributed by atoms with van der Waals surface area (Å²) in [4.78, 5) is 14.7. The van der Waals surface area contributed by atoms with E-state index in [0.29, 0.717) is 12.4 Å². The Labute approximate surface area is 147 Å². The number of likely N-dealkylation sites (tertiary alicyclic amines) is 1. The molecular weight excluding hydrogens is 320 g/mol. The molecule has 1 aliphatic heterocycles. The number of nitrogens with zero attached hydrogens (tertiary/aromatic N) is 4. The Bertz CT molecular complexity index is 662. The lowest BCUT2D eigenvalue weighted by Gasteiger charge is -2.33. The van der Waals surface area contributed by atoms with E-state index in [1.165, 1.54) is 19.3 Å². The predicted molar refractivity (Wildman–Crippen MR) is 92.8 cm³/mol. The second-order valence-corrected chi connectivity index (χ2v) is 6.50. The van der Waals surface area contributed by atoms with Crippen LogP contribution in [0, 0.1) is 0 Å². The number of aromatic nitrogens is 3. The number of amides is 2. The first-order valence-electron chi connectivity index (χ1n) is 8.81. The Morgan fingerprint density at radius 3 is 2.80 bits per heavy atom.